The van der Waals surface area contributed by atoms with Crippen LogP contribution in [-0.4, -0.2) is 55.0 Å². The molecule has 2 aromatic carbocycles. The molecule has 2 heterocycles. The van der Waals surface area contributed by atoms with Crippen LogP contribution in [0.25, 0.3) is 11.0 Å². The smallest absolute Gasteiger partial charge is 0.140 e. The number of thiophene rings is 1. The average Bonchev–Trinajstić information content (AvgIpc) is 3.40. The Morgan fingerprint density at radius 2 is 1.84 bits per heavy atom. The summed E-state index contributed by atoms with van der Waals surface area (Å²) in [4.78, 5) is 10.2. The molecule has 0 saturated heterocycles. The van der Waals surface area contributed by atoms with E-state index >= 15 is 0 Å². The zero-order valence-electron chi connectivity index (χ0n) is 19.1. The minimum Gasteiger partial charge on any atom is -0.378 e. The van der Waals surface area contributed by atoms with Gasteiger partial charge in [-0.2, -0.15) is 0 Å². The van der Waals surface area contributed by atoms with Gasteiger partial charge < -0.3 is 19.7 Å². The predicted octanol–water partition coefficient (Wildman–Crippen LogP) is 4.75. The number of hydrogen-bond acceptors (Lipinski definition) is 5. The van der Waals surface area contributed by atoms with Crippen LogP contribution in [0.3, 0.4) is 0 Å². The largest absolute Gasteiger partial charge is 0.378 e. The van der Waals surface area contributed by atoms with Crippen molar-refractivity contribution in [2.24, 2.45) is 0 Å². The van der Waals surface area contributed by atoms with E-state index in [2.05, 4.69) is 78.2 Å². The number of imidazole rings is 1. The number of fused-ring (bicyclic) bond motifs is 1. The molecule has 6 nitrogen and oxygen atoms in total. The third kappa shape index (κ3) is 5.00. The summed E-state index contributed by atoms with van der Waals surface area (Å²) in [6.45, 7) is 1.83. The van der Waals surface area contributed by atoms with Gasteiger partial charge in [-0.05, 0) is 61.4 Å². The van der Waals surface area contributed by atoms with Crippen LogP contribution in [0, 0.1) is 5.41 Å². The number of nitrogens with zero attached hydrogens (tertiary/aromatic N) is 4. The Balaban J connectivity index is 1.63. The first-order valence-electron chi connectivity index (χ1n) is 10.7. The molecule has 32 heavy (non-hydrogen) atoms. The van der Waals surface area contributed by atoms with Crippen LogP contribution in [0.5, 0.6) is 0 Å². The molecule has 0 radical (unpaired) electrons. The molecule has 4 rings (SSSR count). The van der Waals surface area contributed by atoms with Crippen molar-refractivity contribution in [2.45, 2.75) is 13.0 Å². The van der Waals surface area contributed by atoms with Crippen LogP contribution in [0.4, 0.5) is 11.4 Å². The summed E-state index contributed by atoms with van der Waals surface area (Å²) in [7, 11) is 8.30. The van der Waals surface area contributed by atoms with Crippen LogP contribution in [0.1, 0.15) is 16.3 Å². The molecule has 0 saturated carbocycles. The minimum atomic E-state index is 0.410. The predicted molar refractivity (Wildman–Crippen MR) is 137 cm³/mol. The lowest BCUT2D eigenvalue weighted by molar-refractivity contribution is 0.384. The van der Waals surface area contributed by atoms with E-state index in [1.165, 1.54) is 11.3 Å². The number of hydrogen-bond donors (Lipinski definition) is 2. The Morgan fingerprint density at radius 1 is 1.06 bits per heavy atom. The zero-order valence-corrected chi connectivity index (χ0v) is 19.9. The topological polar surface area (TPSA) is 60.2 Å². The molecule has 0 amide bonds. The van der Waals surface area contributed by atoms with E-state index in [1.54, 1.807) is 11.3 Å². The Bertz CT molecular complexity index is 1190. The Hall–Kier alpha value is -3.16. The van der Waals surface area contributed by atoms with Gasteiger partial charge in [-0.15, -0.1) is 11.3 Å². The zero-order chi connectivity index (χ0) is 22.7. The van der Waals surface area contributed by atoms with E-state index in [1.807, 2.05) is 29.6 Å². The number of aromatic nitrogens is 2. The second kappa shape index (κ2) is 9.54. The highest BCUT2D eigenvalue weighted by Gasteiger charge is 2.13. The van der Waals surface area contributed by atoms with E-state index in [0.29, 0.717) is 5.84 Å². The Morgan fingerprint density at radius 3 is 2.50 bits per heavy atom. The number of amidine groups is 1. The molecule has 0 aliphatic rings. The van der Waals surface area contributed by atoms with Crippen molar-refractivity contribution in [2.75, 3.05) is 45.0 Å². The van der Waals surface area contributed by atoms with Crippen molar-refractivity contribution in [1.29, 1.82) is 5.41 Å². The lowest BCUT2D eigenvalue weighted by Gasteiger charge is -2.15. The van der Waals surface area contributed by atoms with Gasteiger partial charge in [0, 0.05) is 45.0 Å². The first-order valence-corrected chi connectivity index (χ1v) is 11.6. The van der Waals surface area contributed by atoms with E-state index < -0.39 is 0 Å². The maximum absolute atomic E-state index is 8.31. The third-order valence-electron chi connectivity index (χ3n) is 5.45. The molecule has 2 N–H and O–H groups in total. The first-order chi connectivity index (χ1) is 15.4. The van der Waals surface area contributed by atoms with Gasteiger partial charge in [0.25, 0.3) is 0 Å². The number of nitrogens with one attached hydrogen (secondary N) is 2. The van der Waals surface area contributed by atoms with Gasteiger partial charge in [-0.1, -0.05) is 18.2 Å². The molecule has 0 unspecified atom stereocenters. The van der Waals surface area contributed by atoms with Crippen LogP contribution in [-0.2, 0) is 13.0 Å². The number of anilines is 2. The van der Waals surface area contributed by atoms with Crippen molar-refractivity contribution in [3.8, 4) is 0 Å². The van der Waals surface area contributed by atoms with E-state index in [-0.39, 0.29) is 0 Å². The molecule has 7 heteroatoms. The molecule has 0 aliphatic heterocycles. The summed E-state index contributed by atoms with van der Waals surface area (Å²) in [5.74, 6) is 1.47. The van der Waals surface area contributed by atoms with Crippen molar-refractivity contribution >= 4 is 39.6 Å². The van der Waals surface area contributed by atoms with Crippen LogP contribution in [0.15, 0.2) is 60.0 Å². The second-order valence-electron chi connectivity index (χ2n) is 8.40. The van der Waals surface area contributed by atoms with Gasteiger partial charge in [0.05, 0.1) is 15.9 Å². The molecule has 0 bridgehead atoms. The van der Waals surface area contributed by atoms with Crippen molar-refractivity contribution in [3.05, 3.63) is 76.2 Å². The van der Waals surface area contributed by atoms with Gasteiger partial charge in [-0.25, -0.2) is 4.98 Å². The molecule has 0 fully saturated rings. The molecular formula is C25H30N6S. The maximum Gasteiger partial charge on any atom is 0.140 e. The second-order valence-corrected chi connectivity index (χ2v) is 9.35. The number of likely N-dealkylation sites (N-methyl/N-ethyl adjacent to an activating group) is 1. The normalized spacial score (nSPS) is 11.3. The highest BCUT2D eigenvalue weighted by atomic mass is 32.1. The first kappa shape index (κ1) is 22.0. The fraction of sp³-hybridized carbons (Fsp3) is 0.280. The molecule has 0 aliphatic carbocycles. The quantitative estimate of drug-likeness (QED) is 0.303. The van der Waals surface area contributed by atoms with Gasteiger partial charge in [0.2, 0.25) is 0 Å². The fourth-order valence-corrected chi connectivity index (χ4v) is 4.29. The van der Waals surface area contributed by atoms with E-state index in [9.17, 15) is 0 Å². The molecule has 2 aromatic heterocycles. The third-order valence-corrected chi connectivity index (χ3v) is 6.34. The van der Waals surface area contributed by atoms with Crippen LogP contribution < -0.4 is 10.2 Å². The van der Waals surface area contributed by atoms with E-state index in [4.69, 9.17) is 10.4 Å². The highest BCUT2D eigenvalue weighted by Crippen LogP contribution is 2.24. The maximum atomic E-state index is 8.31. The lowest BCUT2D eigenvalue weighted by atomic mass is 10.1. The summed E-state index contributed by atoms with van der Waals surface area (Å²) in [6.07, 6.45) is 0.781. The standard InChI is InChI=1S/C25H30N6S/c1-29(2)13-14-31-22-12-9-19(27-25(26)23-6-5-15-32-23)17-21(22)28-24(31)16-18-7-10-20(11-8-18)30(3)4/h5-12,15,17H,13-14,16H2,1-4H3,(H2,26,27). The average molecular weight is 447 g/mol. The summed E-state index contributed by atoms with van der Waals surface area (Å²) in [5, 5.41) is 13.5. The van der Waals surface area contributed by atoms with Gasteiger partial charge in [0.1, 0.15) is 11.7 Å². The summed E-state index contributed by atoms with van der Waals surface area (Å²) < 4.78 is 2.32. The van der Waals surface area contributed by atoms with Crippen LogP contribution >= 0.6 is 11.3 Å². The monoisotopic (exact) mass is 446 g/mol. The highest BCUT2D eigenvalue weighted by molar-refractivity contribution is 7.12. The molecule has 166 valence electrons. The number of benzene rings is 2. The lowest BCUT2D eigenvalue weighted by Crippen LogP contribution is -2.19. The van der Waals surface area contributed by atoms with E-state index in [0.717, 1.165) is 46.9 Å². The molecule has 0 atom stereocenters. The van der Waals surface area contributed by atoms with Crippen molar-refractivity contribution < 1.29 is 0 Å². The van der Waals surface area contributed by atoms with Gasteiger partial charge >= 0.3 is 0 Å². The summed E-state index contributed by atoms with van der Waals surface area (Å²) in [6, 6.07) is 18.8. The molecule has 0 spiro atoms. The molecule has 4 aromatic rings. The Labute approximate surface area is 193 Å². The minimum absolute atomic E-state index is 0.410. The van der Waals surface area contributed by atoms with Crippen molar-refractivity contribution in [1.82, 2.24) is 14.5 Å². The van der Waals surface area contributed by atoms with Crippen LogP contribution in [0.2, 0.25) is 0 Å². The summed E-state index contributed by atoms with van der Waals surface area (Å²) >= 11 is 1.56. The SMILES string of the molecule is CN(C)CCn1c(Cc2ccc(N(C)C)cc2)nc2cc(NC(=N)c3cccs3)ccc21. The van der Waals surface area contributed by atoms with Gasteiger partial charge in [-0.3, -0.25) is 5.41 Å². The fourth-order valence-electron chi connectivity index (χ4n) is 3.66. The van der Waals surface area contributed by atoms with Gasteiger partial charge in [0.15, 0.2) is 0 Å². The molecular weight excluding hydrogens is 416 g/mol. The van der Waals surface area contributed by atoms with Crippen molar-refractivity contribution in [3.63, 3.8) is 0 Å². The summed E-state index contributed by atoms with van der Waals surface area (Å²) in [5.41, 5.74) is 5.40. The number of rotatable bonds is 8. The Kier molecular flexibility index (Phi) is 6.58.